The van der Waals surface area contributed by atoms with E-state index in [1.807, 2.05) is 0 Å². The summed E-state index contributed by atoms with van der Waals surface area (Å²) in [4.78, 5) is 4.65. The topological polar surface area (TPSA) is 61.9 Å². The summed E-state index contributed by atoms with van der Waals surface area (Å²) in [7, 11) is 0. The minimum atomic E-state index is 0.416. The minimum Gasteiger partial charge on any atom is -0.375 e. The molecule has 2 aliphatic rings. The predicted octanol–water partition coefficient (Wildman–Crippen LogP) is 0.556. The van der Waals surface area contributed by atoms with Crippen LogP contribution in [-0.4, -0.2) is 24.7 Å². The maximum Gasteiger partial charge on any atom is 0.259 e. The van der Waals surface area contributed by atoms with Crippen molar-refractivity contribution in [1.29, 1.82) is 0 Å². The Morgan fingerprint density at radius 2 is 2.50 bits per heavy atom. The molecule has 53 valence electrons. The van der Waals surface area contributed by atoms with E-state index >= 15 is 0 Å². The summed E-state index contributed by atoms with van der Waals surface area (Å²) < 4.78 is 0. The van der Waals surface area contributed by atoms with Gasteiger partial charge in [-0.1, -0.05) is 5.22 Å². The first kappa shape index (κ1) is 5.57. The average Bonchev–Trinajstić information content (AvgIpc) is 2.59. The lowest BCUT2D eigenvalue weighted by Gasteiger charge is -2.11. The molecule has 0 N–H and O–H groups in total. The van der Waals surface area contributed by atoms with Crippen molar-refractivity contribution in [2.24, 2.45) is 20.7 Å². The van der Waals surface area contributed by atoms with Gasteiger partial charge in [0.25, 0.3) is 6.17 Å². The number of hydrogen-bond acceptors (Lipinski definition) is 6. The Balaban J connectivity index is 1.98. The molecule has 10 heavy (non-hydrogen) atoms. The molecule has 0 saturated heterocycles. The van der Waals surface area contributed by atoms with Crippen LogP contribution in [0.4, 0.5) is 0 Å². The molecule has 0 bridgehead atoms. The molecule has 0 aromatic rings. The highest BCUT2D eigenvalue weighted by Gasteiger charge is 2.25. The summed E-state index contributed by atoms with van der Waals surface area (Å²) in [5.41, 5.74) is 0. The van der Waals surface area contributed by atoms with E-state index in [1.165, 1.54) is 0 Å². The van der Waals surface area contributed by atoms with Gasteiger partial charge >= 0.3 is 0 Å². The third kappa shape index (κ3) is 0.810. The summed E-state index contributed by atoms with van der Waals surface area (Å²) in [5, 5.41) is 16.3. The van der Waals surface area contributed by atoms with Crippen LogP contribution in [0, 0.1) is 6.17 Å². The zero-order valence-corrected chi connectivity index (χ0v) is 5.27. The molecule has 0 fully saturated rings. The van der Waals surface area contributed by atoms with Crippen molar-refractivity contribution in [2.45, 2.75) is 0 Å². The molecule has 0 saturated carbocycles. The van der Waals surface area contributed by atoms with Crippen molar-refractivity contribution in [1.82, 2.24) is 5.01 Å². The highest BCUT2D eigenvalue weighted by Crippen LogP contribution is 2.19. The fraction of sp³-hybridized carbons (Fsp3) is 0.750. The Labute approximate surface area is 57.5 Å². The largest absolute Gasteiger partial charge is 0.375 e. The fourth-order valence-electron chi connectivity index (χ4n) is 0.804. The molecular weight excluding hydrogens is 134 g/mol. The molecule has 0 amide bonds. The Morgan fingerprint density at radius 1 is 1.50 bits per heavy atom. The molecule has 6 nitrogen and oxygen atoms in total. The van der Waals surface area contributed by atoms with Crippen LogP contribution >= 0.6 is 0 Å². The number of hydrogen-bond donors (Lipinski definition) is 0. The molecule has 6 heteroatoms. The van der Waals surface area contributed by atoms with Crippen LogP contribution in [0.1, 0.15) is 0 Å². The molecular formula is C4H6N5O. The monoisotopic (exact) mass is 140 g/mol. The van der Waals surface area contributed by atoms with Crippen molar-refractivity contribution in [3.63, 3.8) is 0 Å². The van der Waals surface area contributed by atoms with Crippen LogP contribution in [0.15, 0.2) is 20.7 Å². The van der Waals surface area contributed by atoms with Crippen LogP contribution in [0.2, 0.25) is 0 Å². The van der Waals surface area contributed by atoms with Crippen molar-refractivity contribution in [3.8, 4) is 0 Å². The lowest BCUT2D eigenvalue weighted by molar-refractivity contribution is 0.155. The summed E-state index contributed by atoms with van der Waals surface area (Å²) in [5.74, 6) is 0. The standard InChI is InChI=1S/C4H6N5O/c1-2-9(7-5-1)4-3-10-8-6-4/h1-3H2. The van der Waals surface area contributed by atoms with E-state index < -0.39 is 0 Å². The summed E-state index contributed by atoms with van der Waals surface area (Å²) >= 11 is 0. The SMILES string of the molecule is C1CN([C]2CON=N2)N=N1. The highest BCUT2D eigenvalue weighted by molar-refractivity contribution is 4.86. The summed E-state index contributed by atoms with van der Waals surface area (Å²) in [6, 6.07) is 0. The second-order valence-corrected chi connectivity index (χ2v) is 1.95. The fourth-order valence-corrected chi connectivity index (χ4v) is 0.804. The minimum absolute atomic E-state index is 0.416. The third-order valence-corrected chi connectivity index (χ3v) is 1.29. The maximum atomic E-state index is 4.65. The zero-order valence-electron chi connectivity index (χ0n) is 5.27. The smallest absolute Gasteiger partial charge is 0.259 e. The van der Waals surface area contributed by atoms with Crippen LogP contribution in [0.3, 0.4) is 0 Å². The van der Waals surface area contributed by atoms with Gasteiger partial charge in [0, 0.05) is 5.28 Å². The van der Waals surface area contributed by atoms with Crippen molar-refractivity contribution >= 4 is 0 Å². The van der Waals surface area contributed by atoms with Gasteiger partial charge in [-0.05, 0) is 0 Å². The van der Waals surface area contributed by atoms with Gasteiger partial charge in [0.2, 0.25) is 0 Å². The van der Waals surface area contributed by atoms with E-state index in [0.29, 0.717) is 6.61 Å². The Hall–Kier alpha value is -1.20. The Morgan fingerprint density at radius 3 is 3.10 bits per heavy atom. The lowest BCUT2D eigenvalue weighted by Crippen LogP contribution is -2.21. The first-order valence-corrected chi connectivity index (χ1v) is 3.00. The Bertz CT molecular complexity index is 158. The predicted molar refractivity (Wildman–Crippen MR) is 30.5 cm³/mol. The summed E-state index contributed by atoms with van der Waals surface area (Å²) in [6.07, 6.45) is 0.737. The van der Waals surface area contributed by atoms with Crippen LogP contribution in [0.25, 0.3) is 0 Å². The molecule has 0 unspecified atom stereocenters. The third-order valence-electron chi connectivity index (χ3n) is 1.29. The second kappa shape index (κ2) is 2.20. The molecule has 0 atom stereocenters. The van der Waals surface area contributed by atoms with Crippen LogP contribution in [0.5, 0.6) is 0 Å². The number of rotatable bonds is 1. The van der Waals surface area contributed by atoms with Gasteiger partial charge in [-0.2, -0.15) is 5.11 Å². The summed E-state index contributed by atoms with van der Waals surface area (Å²) in [6.45, 7) is 1.94. The lowest BCUT2D eigenvalue weighted by atomic mass is 10.5. The van der Waals surface area contributed by atoms with Gasteiger partial charge in [0.05, 0.1) is 13.1 Å². The number of nitrogens with zero attached hydrogens (tertiary/aromatic N) is 5. The van der Waals surface area contributed by atoms with E-state index in [4.69, 9.17) is 0 Å². The molecule has 0 aliphatic carbocycles. The van der Waals surface area contributed by atoms with E-state index in [1.54, 1.807) is 5.01 Å². The van der Waals surface area contributed by atoms with Gasteiger partial charge in [0.1, 0.15) is 0 Å². The highest BCUT2D eigenvalue weighted by atomic mass is 16.7. The maximum absolute atomic E-state index is 4.65. The van der Waals surface area contributed by atoms with Gasteiger partial charge < -0.3 is 4.84 Å². The second-order valence-electron chi connectivity index (χ2n) is 1.95. The van der Waals surface area contributed by atoms with Gasteiger partial charge in [-0.25, -0.2) is 5.01 Å². The van der Waals surface area contributed by atoms with Crippen molar-refractivity contribution < 1.29 is 4.84 Å². The van der Waals surface area contributed by atoms with Gasteiger partial charge in [-0.3, -0.25) is 0 Å². The van der Waals surface area contributed by atoms with Crippen LogP contribution in [-0.2, 0) is 4.84 Å². The zero-order chi connectivity index (χ0) is 6.81. The van der Waals surface area contributed by atoms with Crippen molar-refractivity contribution in [2.75, 3.05) is 19.7 Å². The molecule has 0 aromatic heterocycles. The van der Waals surface area contributed by atoms with E-state index in [9.17, 15) is 0 Å². The molecule has 0 spiro atoms. The Kier molecular flexibility index (Phi) is 1.23. The average molecular weight is 140 g/mol. The first-order chi connectivity index (χ1) is 4.97. The molecule has 2 rings (SSSR count). The van der Waals surface area contributed by atoms with E-state index in [0.717, 1.165) is 19.3 Å². The normalized spacial score (nSPS) is 24.2. The van der Waals surface area contributed by atoms with E-state index in [2.05, 4.69) is 25.6 Å². The molecule has 2 heterocycles. The van der Waals surface area contributed by atoms with E-state index in [-0.39, 0.29) is 0 Å². The van der Waals surface area contributed by atoms with Crippen LogP contribution < -0.4 is 0 Å². The quantitative estimate of drug-likeness (QED) is 0.534. The van der Waals surface area contributed by atoms with Gasteiger partial charge in [-0.15, -0.1) is 5.11 Å². The van der Waals surface area contributed by atoms with Crippen molar-refractivity contribution in [3.05, 3.63) is 6.17 Å². The molecule has 0 aromatic carbocycles. The molecule has 1 radical (unpaired) electrons. The first-order valence-electron chi connectivity index (χ1n) is 3.00. The molecule has 2 aliphatic heterocycles. The van der Waals surface area contributed by atoms with Gasteiger partial charge in [0.15, 0.2) is 6.61 Å².